The summed E-state index contributed by atoms with van der Waals surface area (Å²) < 4.78 is 62.8. The van der Waals surface area contributed by atoms with Crippen LogP contribution in [0.3, 0.4) is 0 Å². The Balaban J connectivity index is 2.00. The van der Waals surface area contributed by atoms with Crippen molar-refractivity contribution in [1.29, 1.82) is 0 Å². The van der Waals surface area contributed by atoms with Gasteiger partial charge in [0, 0.05) is 13.0 Å². The molecule has 2 aliphatic heterocycles. The fraction of sp³-hybridized carbons (Fsp3) is 0.500. The van der Waals surface area contributed by atoms with Gasteiger partial charge < -0.3 is 9.47 Å². The molecule has 0 atom stereocenters. The summed E-state index contributed by atoms with van der Waals surface area (Å²) in [6.45, 7) is -0.423. The van der Waals surface area contributed by atoms with E-state index >= 15 is 0 Å². The van der Waals surface area contributed by atoms with Gasteiger partial charge in [0.2, 0.25) is 10.0 Å². The average Bonchev–Trinajstić information content (AvgIpc) is 2.79. The average molecular weight is 305 g/mol. The molecule has 0 spiro atoms. The van der Waals surface area contributed by atoms with Crippen molar-refractivity contribution in [1.82, 2.24) is 4.31 Å². The zero-order chi connectivity index (χ0) is 14.4. The van der Waals surface area contributed by atoms with Crippen LogP contribution >= 0.6 is 0 Å². The minimum absolute atomic E-state index is 0.106. The van der Waals surface area contributed by atoms with Crippen molar-refractivity contribution in [3.05, 3.63) is 18.2 Å². The number of alkyl halides is 2. The second-order valence-corrected chi connectivity index (χ2v) is 6.63. The summed E-state index contributed by atoms with van der Waals surface area (Å²) in [5.41, 5.74) is 0. The van der Waals surface area contributed by atoms with Crippen LogP contribution in [-0.4, -0.2) is 44.9 Å². The van der Waals surface area contributed by atoms with Gasteiger partial charge in [-0.2, -0.15) is 4.31 Å². The first-order chi connectivity index (χ1) is 9.40. The van der Waals surface area contributed by atoms with Crippen LogP contribution in [0.15, 0.2) is 23.1 Å². The molecule has 0 radical (unpaired) electrons. The first-order valence-electron chi connectivity index (χ1n) is 6.17. The Morgan fingerprint density at radius 3 is 2.65 bits per heavy atom. The predicted molar refractivity (Wildman–Crippen MR) is 65.8 cm³/mol. The van der Waals surface area contributed by atoms with Crippen LogP contribution in [0.4, 0.5) is 8.78 Å². The van der Waals surface area contributed by atoms with Gasteiger partial charge in [0.15, 0.2) is 11.5 Å². The molecule has 0 N–H and O–H groups in total. The second kappa shape index (κ2) is 4.56. The Hall–Kier alpha value is -1.41. The molecule has 3 rings (SSSR count). The van der Waals surface area contributed by atoms with E-state index in [1.165, 1.54) is 12.1 Å². The number of hydrogen-bond acceptors (Lipinski definition) is 4. The maximum atomic E-state index is 13.2. The summed E-state index contributed by atoms with van der Waals surface area (Å²) in [6.07, 6.45) is -0.460. The largest absolute Gasteiger partial charge is 0.486 e. The molecule has 110 valence electrons. The molecule has 20 heavy (non-hydrogen) atoms. The van der Waals surface area contributed by atoms with Crippen molar-refractivity contribution in [2.75, 3.05) is 26.3 Å². The van der Waals surface area contributed by atoms with Crippen molar-refractivity contribution in [2.24, 2.45) is 0 Å². The van der Waals surface area contributed by atoms with Crippen molar-refractivity contribution >= 4 is 10.0 Å². The van der Waals surface area contributed by atoms with Crippen molar-refractivity contribution in [2.45, 2.75) is 17.2 Å². The SMILES string of the molecule is O=S(=O)(c1cccc2c1OCCO2)N1CCC(F)(F)C1. The summed E-state index contributed by atoms with van der Waals surface area (Å²) in [7, 11) is -4.00. The van der Waals surface area contributed by atoms with Gasteiger partial charge in [0.25, 0.3) is 5.92 Å². The zero-order valence-corrected chi connectivity index (χ0v) is 11.3. The zero-order valence-electron chi connectivity index (χ0n) is 10.5. The molecule has 0 unspecified atom stereocenters. The molecule has 8 heteroatoms. The highest BCUT2D eigenvalue weighted by Crippen LogP contribution is 2.39. The van der Waals surface area contributed by atoms with E-state index in [4.69, 9.17) is 9.47 Å². The van der Waals surface area contributed by atoms with Gasteiger partial charge in [-0.25, -0.2) is 17.2 Å². The van der Waals surface area contributed by atoms with E-state index < -0.39 is 28.9 Å². The highest BCUT2D eigenvalue weighted by atomic mass is 32.2. The number of ether oxygens (including phenoxy) is 2. The minimum atomic E-state index is -4.00. The first kappa shape index (κ1) is 13.6. The van der Waals surface area contributed by atoms with E-state index in [0.29, 0.717) is 12.4 Å². The highest BCUT2D eigenvalue weighted by Gasteiger charge is 2.44. The fourth-order valence-corrected chi connectivity index (χ4v) is 3.91. The molecule has 0 bridgehead atoms. The summed E-state index contributed by atoms with van der Waals surface area (Å²) in [6, 6.07) is 4.44. The fourth-order valence-electron chi connectivity index (χ4n) is 2.30. The molecule has 0 saturated carbocycles. The Morgan fingerprint density at radius 2 is 1.95 bits per heavy atom. The molecule has 0 aliphatic carbocycles. The van der Waals surface area contributed by atoms with Crippen LogP contribution in [0.5, 0.6) is 11.5 Å². The third kappa shape index (κ3) is 2.22. The monoisotopic (exact) mass is 305 g/mol. The Morgan fingerprint density at radius 1 is 1.20 bits per heavy atom. The Bertz CT molecular complexity index is 632. The van der Waals surface area contributed by atoms with Gasteiger partial charge in [-0.3, -0.25) is 0 Å². The number of nitrogens with zero attached hydrogens (tertiary/aromatic N) is 1. The Kier molecular flexibility index (Phi) is 3.09. The van der Waals surface area contributed by atoms with Crippen LogP contribution in [-0.2, 0) is 10.0 Å². The van der Waals surface area contributed by atoms with Crippen LogP contribution in [0, 0.1) is 0 Å². The molecule has 5 nitrogen and oxygen atoms in total. The van der Waals surface area contributed by atoms with Crippen LogP contribution in [0.25, 0.3) is 0 Å². The van der Waals surface area contributed by atoms with Crippen molar-refractivity contribution in [3.8, 4) is 11.5 Å². The standard InChI is InChI=1S/C12H13F2NO4S/c13-12(14)4-5-15(8-12)20(16,17)10-3-1-2-9-11(10)19-7-6-18-9/h1-3H,4-8H2. The summed E-state index contributed by atoms with van der Waals surface area (Å²) in [4.78, 5) is -0.118. The van der Waals surface area contributed by atoms with E-state index in [9.17, 15) is 17.2 Å². The number of rotatable bonds is 2. The molecular formula is C12H13F2NO4S. The lowest BCUT2D eigenvalue weighted by atomic mass is 10.3. The molecule has 2 aliphatic rings. The lowest BCUT2D eigenvalue weighted by Crippen LogP contribution is -2.32. The van der Waals surface area contributed by atoms with Gasteiger partial charge >= 0.3 is 0 Å². The normalized spacial score (nSPS) is 21.9. The molecule has 0 aromatic heterocycles. The maximum absolute atomic E-state index is 13.2. The summed E-state index contributed by atoms with van der Waals surface area (Å²) in [5, 5.41) is 0. The predicted octanol–water partition coefficient (Wildman–Crippen LogP) is 1.49. The van der Waals surface area contributed by atoms with Crippen LogP contribution in [0.2, 0.25) is 0 Å². The van der Waals surface area contributed by atoms with Gasteiger partial charge in [0.1, 0.15) is 18.1 Å². The third-order valence-corrected chi connectivity index (χ3v) is 5.15. The molecule has 1 saturated heterocycles. The number of sulfonamides is 1. The number of para-hydroxylation sites is 1. The molecule has 0 amide bonds. The topological polar surface area (TPSA) is 55.8 Å². The van der Waals surface area contributed by atoms with Gasteiger partial charge in [0.05, 0.1) is 6.54 Å². The van der Waals surface area contributed by atoms with Gasteiger partial charge in [-0.15, -0.1) is 0 Å². The number of hydrogen-bond donors (Lipinski definition) is 0. The number of fused-ring (bicyclic) bond motifs is 1. The molecule has 1 aromatic rings. The van der Waals surface area contributed by atoms with Gasteiger partial charge in [-0.1, -0.05) is 6.07 Å². The third-order valence-electron chi connectivity index (χ3n) is 3.28. The van der Waals surface area contributed by atoms with Crippen LogP contribution in [0.1, 0.15) is 6.42 Å². The lowest BCUT2D eigenvalue weighted by molar-refractivity contribution is 0.0183. The van der Waals surface area contributed by atoms with Crippen LogP contribution < -0.4 is 9.47 Å². The van der Waals surface area contributed by atoms with E-state index in [1.54, 1.807) is 6.07 Å². The number of benzene rings is 1. The highest BCUT2D eigenvalue weighted by molar-refractivity contribution is 7.89. The van der Waals surface area contributed by atoms with E-state index in [2.05, 4.69) is 0 Å². The lowest BCUT2D eigenvalue weighted by Gasteiger charge is -2.23. The van der Waals surface area contributed by atoms with Gasteiger partial charge in [-0.05, 0) is 12.1 Å². The van der Waals surface area contributed by atoms with E-state index in [1.807, 2.05) is 0 Å². The van der Waals surface area contributed by atoms with Crippen molar-refractivity contribution < 1.29 is 26.7 Å². The van der Waals surface area contributed by atoms with E-state index in [0.717, 1.165) is 4.31 Å². The molecule has 1 fully saturated rings. The quantitative estimate of drug-likeness (QED) is 0.830. The summed E-state index contributed by atoms with van der Waals surface area (Å²) in [5.74, 6) is -2.54. The maximum Gasteiger partial charge on any atom is 0.262 e. The number of halogens is 2. The smallest absolute Gasteiger partial charge is 0.262 e. The summed E-state index contributed by atoms with van der Waals surface area (Å²) >= 11 is 0. The second-order valence-electron chi connectivity index (χ2n) is 4.72. The Labute approximate surface area is 115 Å². The van der Waals surface area contributed by atoms with Crippen molar-refractivity contribution in [3.63, 3.8) is 0 Å². The first-order valence-corrected chi connectivity index (χ1v) is 7.61. The van der Waals surface area contributed by atoms with E-state index in [-0.39, 0.29) is 23.8 Å². The molecule has 2 heterocycles. The molecular weight excluding hydrogens is 292 g/mol. The molecule has 1 aromatic carbocycles. The minimum Gasteiger partial charge on any atom is -0.486 e.